The van der Waals surface area contributed by atoms with Crippen LogP contribution in [0.1, 0.15) is 88.6 Å². The number of nitrogens with zero attached hydrogens (tertiary/aromatic N) is 2. The maximum absolute atomic E-state index is 13.3. The fourth-order valence-electron chi connectivity index (χ4n) is 3.67. The molecule has 1 aliphatic heterocycles. The number of aliphatic imine (C=N–C) groups is 1. The van der Waals surface area contributed by atoms with Gasteiger partial charge in [0, 0.05) is 18.3 Å². The van der Waals surface area contributed by atoms with E-state index < -0.39 is 87.7 Å². The predicted molar refractivity (Wildman–Crippen MR) is 168 cm³/mol. The minimum absolute atomic E-state index is 0.124. The van der Waals surface area contributed by atoms with Crippen molar-refractivity contribution in [2.24, 2.45) is 26.7 Å². The number of carbonyl (C=O) groups is 4. The van der Waals surface area contributed by atoms with E-state index in [0.29, 0.717) is 5.56 Å². The van der Waals surface area contributed by atoms with Gasteiger partial charge < -0.3 is 23.7 Å². The largest absolute Gasteiger partial charge is 0.462 e. The van der Waals surface area contributed by atoms with Crippen molar-refractivity contribution in [1.82, 2.24) is 0 Å². The van der Waals surface area contributed by atoms with E-state index in [9.17, 15) is 29.3 Å². The fourth-order valence-corrected chi connectivity index (χ4v) is 3.67. The number of ether oxygens (including phenoxy) is 5. The second-order valence-electron chi connectivity index (χ2n) is 15.4. The summed E-state index contributed by atoms with van der Waals surface area (Å²) < 4.78 is 29.6. The van der Waals surface area contributed by atoms with Gasteiger partial charge >= 0.3 is 23.9 Å². The molecule has 0 spiro atoms. The average molecular weight is 649 g/mol. The predicted octanol–water partition coefficient (Wildman–Crippen LogP) is 5.20. The highest BCUT2D eigenvalue weighted by atomic mass is 16.7. The summed E-state index contributed by atoms with van der Waals surface area (Å²) in [6.07, 6.45) is -5.43. The molecular weight excluding hydrogens is 600 g/mol. The number of hydrogen-bond donors (Lipinski definition) is 0. The highest BCUT2D eigenvalue weighted by Crippen LogP contribution is 2.34. The number of rotatable bonds is 8. The Morgan fingerprint density at radius 1 is 0.717 bits per heavy atom. The van der Waals surface area contributed by atoms with Crippen LogP contribution in [0.5, 0.6) is 0 Å². The molecule has 0 bridgehead atoms. The smallest absolute Gasteiger partial charge is 0.311 e. The molecule has 0 unspecified atom stereocenters. The fraction of sp³-hybridized carbons (Fsp3) is 0.667. The topological polar surface area (TPSA) is 170 Å². The van der Waals surface area contributed by atoms with E-state index in [1.165, 1.54) is 30.5 Å². The van der Waals surface area contributed by atoms with Crippen LogP contribution >= 0.6 is 0 Å². The third kappa shape index (κ3) is 10.6. The first-order valence-electron chi connectivity index (χ1n) is 15.1. The molecule has 13 heteroatoms. The van der Waals surface area contributed by atoms with E-state index in [1.54, 1.807) is 83.1 Å². The summed E-state index contributed by atoms with van der Waals surface area (Å²) in [7, 11) is 0. The Hall–Kier alpha value is -3.87. The van der Waals surface area contributed by atoms with Crippen molar-refractivity contribution in [2.45, 2.75) is 114 Å². The van der Waals surface area contributed by atoms with Crippen molar-refractivity contribution >= 4 is 35.8 Å². The number of benzene rings is 1. The second kappa shape index (κ2) is 14.3. The van der Waals surface area contributed by atoms with Crippen LogP contribution in [0, 0.1) is 31.8 Å². The van der Waals surface area contributed by atoms with Crippen molar-refractivity contribution in [3.63, 3.8) is 0 Å². The van der Waals surface area contributed by atoms with E-state index in [1.807, 2.05) is 0 Å². The lowest BCUT2D eigenvalue weighted by molar-refractivity contribution is -0.384. The molecule has 5 atom stereocenters. The molecule has 1 heterocycles. The van der Waals surface area contributed by atoms with Crippen molar-refractivity contribution in [2.75, 3.05) is 6.61 Å². The highest BCUT2D eigenvalue weighted by Gasteiger charge is 2.54. The summed E-state index contributed by atoms with van der Waals surface area (Å²) in [6, 6.07) is 5.53. The Labute approximate surface area is 270 Å². The van der Waals surface area contributed by atoms with Crippen LogP contribution in [0.4, 0.5) is 5.69 Å². The molecule has 1 saturated heterocycles. The molecule has 1 fully saturated rings. The molecule has 1 aromatic rings. The van der Waals surface area contributed by atoms with Gasteiger partial charge in [0.15, 0.2) is 24.5 Å². The van der Waals surface area contributed by atoms with E-state index in [-0.39, 0.29) is 5.69 Å². The Bertz CT molecular complexity index is 1310. The van der Waals surface area contributed by atoms with Crippen molar-refractivity contribution in [3.05, 3.63) is 39.9 Å². The molecule has 0 aromatic heterocycles. The molecule has 2 rings (SSSR count). The Balaban J connectivity index is 2.73. The summed E-state index contributed by atoms with van der Waals surface area (Å²) >= 11 is 0. The first-order valence-corrected chi connectivity index (χ1v) is 15.1. The van der Waals surface area contributed by atoms with Crippen LogP contribution in [0.3, 0.4) is 0 Å². The number of hydrogen-bond acceptors (Lipinski definition) is 12. The molecule has 0 N–H and O–H groups in total. The Kier molecular flexibility index (Phi) is 11.9. The van der Waals surface area contributed by atoms with Gasteiger partial charge in [0.05, 0.1) is 26.6 Å². The lowest BCUT2D eigenvalue weighted by Crippen LogP contribution is -2.63. The van der Waals surface area contributed by atoms with Gasteiger partial charge in [-0.3, -0.25) is 34.3 Å². The number of carbonyl (C=O) groups excluding carboxylic acids is 4. The highest BCUT2D eigenvalue weighted by molar-refractivity contribution is 5.80. The van der Waals surface area contributed by atoms with Crippen LogP contribution in [-0.4, -0.2) is 72.3 Å². The van der Waals surface area contributed by atoms with Gasteiger partial charge in [0.2, 0.25) is 0 Å². The van der Waals surface area contributed by atoms with E-state index >= 15 is 0 Å². The molecule has 0 aliphatic carbocycles. The number of non-ortho nitro benzene ring substituents is 1. The Morgan fingerprint density at radius 3 is 1.54 bits per heavy atom. The lowest BCUT2D eigenvalue weighted by atomic mass is 9.92. The lowest BCUT2D eigenvalue weighted by Gasteiger charge is -2.45. The third-order valence-corrected chi connectivity index (χ3v) is 6.64. The zero-order valence-corrected chi connectivity index (χ0v) is 28.9. The second-order valence-corrected chi connectivity index (χ2v) is 15.4. The summed E-state index contributed by atoms with van der Waals surface area (Å²) in [4.78, 5) is 67.7. The van der Waals surface area contributed by atoms with Gasteiger partial charge in [-0.15, -0.1) is 0 Å². The summed E-state index contributed by atoms with van der Waals surface area (Å²) in [5.74, 6) is -2.59. The zero-order chi connectivity index (χ0) is 35.4. The van der Waals surface area contributed by atoms with Crippen molar-refractivity contribution < 1.29 is 47.8 Å². The van der Waals surface area contributed by atoms with Crippen LogP contribution in [0.2, 0.25) is 0 Å². The van der Waals surface area contributed by atoms with Gasteiger partial charge in [0.25, 0.3) is 5.69 Å². The Morgan fingerprint density at radius 2 is 1.13 bits per heavy atom. The van der Waals surface area contributed by atoms with Gasteiger partial charge in [-0.2, -0.15) is 0 Å². The van der Waals surface area contributed by atoms with Crippen LogP contribution < -0.4 is 0 Å². The molecule has 46 heavy (non-hydrogen) atoms. The molecule has 1 aliphatic rings. The quantitative estimate of drug-likeness (QED) is 0.119. The van der Waals surface area contributed by atoms with Crippen LogP contribution in [0.25, 0.3) is 0 Å². The standard InChI is InChI=1S/C33H48N2O11/c1-30(2,3)26(36)42-18-21-22(44-27(37)31(4,5)6)23(45-28(38)32(7,8)9)24(46-29(39)33(10,11)12)25(43-21)34-17-19-13-15-20(16-14-19)35(40)41/h13-17,21-25H,18H2,1-12H3/t21-,22+,23+,24+,25-/m0/s1. The first-order chi connectivity index (χ1) is 20.8. The molecule has 0 saturated carbocycles. The molecule has 0 radical (unpaired) electrons. The number of esters is 4. The third-order valence-electron chi connectivity index (χ3n) is 6.64. The van der Waals surface area contributed by atoms with E-state index in [2.05, 4.69) is 4.99 Å². The van der Waals surface area contributed by atoms with Gasteiger partial charge in [-0.05, 0) is 101 Å². The van der Waals surface area contributed by atoms with Gasteiger partial charge in [-0.25, -0.2) is 0 Å². The minimum Gasteiger partial charge on any atom is -0.462 e. The first kappa shape index (κ1) is 38.3. The average Bonchev–Trinajstić information content (AvgIpc) is 2.90. The van der Waals surface area contributed by atoms with Crippen LogP contribution in [0.15, 0.2) is 29.3 Å². The molecule has 13 nitrogen and oxygen atoms in total. The van der Waals surface area contributed by atoms with E-state index in [0.717, 1.165) is 0 Å². The molecular formula is C33H48N2O11. The molecule has 256 valence electrons. The van der Waals surface area contributed by atoms with Crippen LogP contribution in [-0.2, 0) is 42.9 Å². The summed E-state index contributed by atoms with van der Waals surface area (Å²) in [5.41, 5.74) is -3.55. The SMILES string of the molecule is CC(C)(C)C(=O)OC[C@@H]1O[C@H](N=Cc2ccc([N+](=O)[O-])cc2)[C@H](OC(=O)C(C)(C)C)[C@H](OC(=O)C(C)(C)C)[C@@H]1OC(=O)C(C)(C)C. The summed E-state index contributed by atoms with van der Waals surface area (Å²) in [5, 5.41) is 11.1. The number of nitro groups is 1. The molecule has 1 aromatic carbocycles. The summed E-state index contributed by atoms with van der Waals surface area (Å²) in [6.45, 7) is 19.3. The zero-order valence-electron chi connectivity index (χ0n) is 28.9. The maximum atomic E-state index is 13.3. The monoisotopic (exact) mass is 648 g/mol. The number of nitro benzene ring substituents is 1. The van der Waals surface area contributed by atoms with Crippen molar-refractivity contribution in [1.29, 1.82) is 0 Å². The van der Waals surface area contributed by atoms with Gasteiger partial charge in [-0.1, -0.05) is 0 Å². The maximum Gasteiger partial charge on any atom is 0.311 e. The van der Waals surface area contributed by atoms with Crippen molar-refractivity contribution in [3.8, 4) is 0 Å². The minimum atomic E-state index is -1.43. The molecule has 0 amide bonds. The van der Waals surface area contributed by atoms with Gasteiger partial charge in [0.1, 0.15) is 12.7 Å². The normalized spacial score (nSPS) is 22.6. The van der Waals surface area contributed by atoms with E-state index in [4.69, 9.17) is 23.7 Å².